The van der Waals surface area contributed by atoms with Crippen LogP contribution in [0.5, 0.6) is 0 Å². The second kappa shape index (κ2) is 8.85. The highest BCUT2D eigenvalue weighted by molar-refractivity contribution is 6.37. The molecule has 4 rings (SSSR count). The molecule has 1 aliphatic carbocycles. The molecule has 2 aromatic rings. The summed E-state index contributed by atoms with van der Waals surface area (Å²) in [6.07, 6.45) is 0.690. The van der Waals surface area contributed by atoms with Gasteiger partial charge in [-0.3, -0.25) is 4.79 Å². The zero-order chi connectivity index (χ0) is 22.9. The van der Waals surface area contributed by atoms with E-state index in [4.69, 9.17) is 11.5 Å². The van der Waals surface area contributed by atoms with Crippen molar-refractivity contribution in [3.05, 3.63) is 53.3 Å². The van der Waals surface area contributed by atoms with Crippen molar-refractivity contribution in [3.8, 4) is 0 Å². The third kappa shape index (κ3) is 4.59. The normalized spacial score (nSPS) is 23.4. The molecule has 32 heavy (non-hydrogen) atoms. The summed E-state index contributed by atoms with van der Waals surface area (Å²) < 4.78 is 40.2. The molecule has 7 nitrogen and oxygen atoms in total. The molecule has 0 bridgehead atoms. The van der Waals surface area contributed by atoms with E-state index in [0.717, 1.165) is 11.6 Å². The third-order valence-corrected chi connectivity index (χ3v) is 6.31. The van der Waals surface area contributed by atoms with Crippen molar-refractivity contribution < 1.29 is 18.0 Å². The average Bonchev–Trinajstić information content (AvgIpc) is 3.33. The van der Waals surface area contributed by atoms with Crippen molar-refractivity contribution in [2.75, 3.05) is 19.6 Å². The molecule has 0 radical (unpaired) electrons. The number of benzene rings is 1. The van der Waals surface area contributed by atoms with Crippen LogP contribution in [-0.4, -0.2) is 46.2 Å². The molecule has 1 aliphatic heterocycles. The van der Waals surface area contributed by atoms with Gasteiger partial charge in [0.15, 0.2) is 5.84 Å². The molecule has 4 N–H and O–H groups in total. The number of aliphatic imine (C=N–C) groups is 1. The molecule has 1 aromatic heterocycles. The zero-order valence-corrected chi connectivity index (χ0v) is 17.4. The monoisotopic (exact) mass is 446 g/mol. The summed E-state index contributed by atoms with van der Waals surface area (Å²) >= 11 is 0. The Balaban J connectivity index is 1.40. The van der Waals surface area contributed by atoms with E-state index in [-0.39, 0.29) is 29.5 Å². The number of rotatable bonds is 4. The first-order chi connectivity index (χ1) is 15.3. The third-order valence-electron chi connectivity index (χ3n) is 6.31. The predicted octanol–water partition coefficient (Wildman–Crippen LogP) is 2.64. The molecule has 2 aliphatic rings. The molecular formula is C22H25F3N6O. The van der Waals surface area contributed by atoms with E-state index in [9.17, 15) is 18.0 Å². The van der Waals surface area contributed by atoms with E-state index in [1.54, 1.807) is 29.4 Å². The quantitative estimate of drug-likeness (QED) is 0.554. The summed E-state index contributed by atoms with van der Waals surface area (Å²) in [4.78, 5) is 26.5. The Labute approximate surface area is 183 Å². The first-order valence-electron chi connectivity index (χ1n) is 10.6. The summed E-state index contributed by atoms with van der Waals surface area (Å²) in [5.41, 5.74) is 12.0. The summed E-state index contributed by atoms with van der Waals surface area (Å²) in [7, 11) is 0. The number of amides is 1. The summed E-state index contributed by atoms with van der Waals surface area (Å²) in [5.74, 6) is -0.377. The minimum absolute atomic E-state index is 0.0971. The number of halogens is 3. The maximum atomic E-state index is 13.4. The maximum Gasteiger partial charge on any atom is 0.416 e. The van der Waals surface area contributed by atoms with E-state index in [2.05, 4.69) is 15.0 Å². The van der Waals surface area contributed by atoms with Gasteiger partial charge in [0, 0.05) is 25.5 Å². The molecule has 1 amide bonds. The number of aromatic nitrogens is 2. The predicted molar refractivity (Wildman–Crippen MR) is 113 cm³/mol. The van der Waals surface area contributed by atoms with Crippen molar-refractivity contribution in [1.82, 2.24) is 14.9 Å². The standard InChI is InChI=1S/C22H25F3N6O/c23-22(24,25)18-4-2-1-3-17(18)14-7-15-11-31(12-16(15)8-14)20(32)19(27)30-21-28-9-13(5-6-26)10-29-21/h1-4,9-10,14-16H,5-8,11-12,26H2,(H2,27,28,29,30). The fourth-order valence-corrected chi connectivity index (χ4v) is 4.85. The van der Waals surface area contributed by atoms with Crippen molar-refractivity contribution in [1.29, 1.82) is 0 Å². The van der Waals surface area contributed by atoms with Gasteiger partial charge < -0.3 is 16.4 Å². The fraction of sp³-hybridized carbons (Fsp3) is 0.455. The first kappa shape index (κ1) is 22.2. The lowest BCUT2D eigenvalue weighted by Gasteiger charge is -2.21. The highest BCUT2D eigenvalue weighted by Crippen LogP contribution is 2.48. The number of hydrogen-bond acceptors (Lipinski definition) is 5. The lowest BCUT2D eigenvalue weighted by atomic mass is 9.91. The Hall–Kier alpha value is -3.01. The van der Waals surface area contributed by atoms with Crippen LogP contribution < -0.4 is 11.5 Å². The molecule has 2 fully saturated rings. The van der Waals surface area contributed by atoms with Gasteiger partial charge in [0.25, 0.3) is 11.9 Å². The summed E-state index contributed by atoms with van der Waals surface area (Å²) in [5, 5.41) is 0. The molecule has 2 atom stereocenters. The molecule has 10 heteroatoms. The van der Waals surface area contributed by atoms with Gasteiger partial charge in [-0.15, -0.1) is 0 Å². The molecule has 2 heterocycles. The van der Waals surface area contributed by atoms with Crippen LogP contribution in [0.25, 0.3) is 0 Å². The maximum absolute atomic E-state index is 13.4. The molecular weight excluding hydrogens is 421 g/mol. The largest absolute Gasteiger partial charge is 0.416 e. The second-order valence-corrected chi connectivity index (χ2v) is 8.41. The van der Waals surface area contributed by atoms with Crippen LogP contribution in [0.15, 0.2) is 41.7 Å². The van der Waals surface area contributed by atoms with Crippen LogP contribution >= 0.6 is 0 Å². The van der Waals surface area contributed by atoms with Gasteiger partial charge in [-0.2, -0.15) is 18.2 Å². The number of alkyl halides is 3. The molecule has 2 unspecified atom stereocenters. The van der Waals surface area contributed by atoms with Crippen LogP contribution in [0, 0.1) is 11.8 Å². The Morgan fingerprint density at radius 2 is 1.75 bits per heavy atom. The lowest BCUT2D eigenvalue weighted by molar-refractivity contribution is -0.138. The minimum Gasteiger partial charge on any atom is -0.379 e. The SMILES string of the molecule is NCCc1cnc(/N=C(\N)C(=O)N2CC3CC(c4ccccc4C(F)(F)F)CC3C2)nc1. The number of fused-ring (bicyclic) bond motifs is 1. The number of carbonyl (C=O) groups excluding carboxylic acids is 1. The summed E-state index contributed by atoms with van der Waals surface area (Å²) in [6, 6.07) is 5.78. The average molecular weight is 446 g/mol. The topological polar surface area (TPSA) is 110 Å². The number of likely N-dealkylation sites (tertiary alicyclic amines) is 1. The van der Waals surface area contributed by atoms with E-state index in [1.807, 2.05) is 0 Å². The number of nitrogens with two attached hydrogens (primary N) is 2. The van der Waals surface area contributed by atoms with Gasteiger partial charge in [0.2, 0.25) is 0 Å². The van der Waals surface area contributed by atoms with Gasteiger partial charge in [-0.25, -0.2) is 9.97 Å². The molecule has 1 saturated carbocycles. The van der Waals surface area contributed by atoms with Crippen LogP contribution in [0.1, 0.15) is 35.4 Å². The van der Waals surface area contributed by atoms with E-state index in [0.29, 0.717) is 44.5 Å². The second-order valence-electron chi connectivity index (χ2n) is 8.41. The molecule has 170 valence electrons. The van der Waals surface area contributed by atoms with Crippen molar-refractivity contribution in [2.24, 2.45) is 28.3 Å². The van der Waals surface area contributed by atoms with Crippen molar-refractivity contribution in [3.63, 3.8) is 0 Å². The highest BCUT2D eigenvalue weighted by atomic mass is 19.4. The van der Waals surface area contributed by atoms with Crippen LogP contribution in [0.2, 0.25) is 0 Å². The fourth-order valence-electron chi connectivity index (χ4n) is 4.85. The number of amidine groups is 1. The Kier molecular flexibility index (Phi) is 6.14. The van der Waals surface area contributed by atoms with Gasteiger partial charge in [0.05, 0.1) is 5.56 Å². The van der Waals surface area contributed by atoms with Gasteiger partial charge >= 0.3 is 6.18 Å². The van der Waals surface area contributed by atoms with Crippen LogP contribution in [-0.2, 0) is 17.4 Å². The van der Waals surface area contributed by atoms with Gasteiger partial charge in [0.1, 0.15) is 0 Å². The Morgan fingerprint density at radius 1 is 1.12 bits per heavy atom. The van der Waals surface area contributed by atoms with E-state index < -0.39 is 17.6 Å². The number of hydrogen-bond donors (Lipinski definition) is 2. The molecule has 0 spiro atoms. The van der Waals surface area contributed by atoms with Gasteiger partial charge in [-0.05, 0) is 60.8 Å². The van der Waals surface area contributed by atoms with Crippen LogP contribution in [0.4, 0.5) is 19.1 Å². The summed E-state index contributed by atoms with van der Waals surface area (Å²) in [6.45, 7) is 1.40. The van der Waals surface area contributed by atoms with Crippen molar-refractivity contribution in [2.45, 2.75) is 31.4 Å². The first-order valence-corrected chi connectivity index (χ1v) is 10.6. The number of nitrogens with zero attached hydrogens (tertiary/aromatic N) is 4. The van der Waals surface area contributed by atoms with E-state index in [1.165, 1.54) is 6.07 Å². The van der Waals surface area contributed by atoms with E-state index >= 15 is 0 Å². The minimum atomic E-state index is -4.37. The molecule has 1 aromatic carbocycles. The smallest absolute Gasteiger partial charge is 0.379 e. The van der Waals surface area contributed by atoms with Gasteiger partial charge in [-0.1, -0.05) is 18.2 Å². The Bertz CT molecular complexity index is 993. The zero-order valence-electron chi connectivity index (χ0n) is 17.4. The Morgan fingerprint density at radius 3 is 2.34 bits per heavy atom. The lowest BCUT2D eigenvalue weighted by Crippen LogP contribution is -2.39. The van der Waals surface area contributed by atoms with Crippen molar-refractivity contribution >= 4 is 17.7 Å². The van der Waals surface area contributed by atoms with Crippen LogP contribution in [0.3, 0.4) is 0 Å². The highest BCUT2D eigenvalue weighted by Gasteiger charge is 2.45. The number of carbonyl (C=O) groups is 1. The molecule has 1 saturated heterocycles.